The van der Waals surface area contributed by atoms with Crippen molar-refractivity contribution in [1.82, 2.24) is 15.2 Å². The van der Waals surface area contributed by atoms with E-state index in [2.05, 4.69) is 20.5 Å². The molecule has 29 heavy (non-hydrogen) atoms. The number of urea groups is 1. The highest BCUT2D eigenvalue weighted by atomic mass is 35.5. The van der Waals surface area contributed by atoms with Crippen LogP contribution in [0.3, 0.4) is 0 Å². The van der Waals surface area contributed by atoms with Crippen molar-refractivity contribution in [3.63, 3.8) is 0 Å². The van der Waals surface area contributed by atoms with Crippen LogP contribution in [-0.4, -0.2) is 54.5 Å². The molecule has 0 spiro atoms. The van der Waals surface area contributed by atoms with Gasteiger partial charge in [0.25, 0.3) is 0 Å². The number of aromatic nitrogens is 1. The molecule has 0 atom stereocenters. The van der Waals surface area contributed by atoms with Crippen LogP contribution in [0.15, 0.2) is 54.7 Å². The zero-order chi connectivity index (χ0) is 20.2. The van der Waals surface area contributed by atoms with E-state index in [1.54, 1.807) is 4.90 Å². The third-order valence-electron chi connectivity index (χ3n) is 5.00. The standard InChI is InChI=1S/C21H22ClN5O2/c22-16-2-5-18(6-3-16)26-9-11-27(12-10-26)21(29)24-14-20(28)25-17-4-1-15-7-8-23-19(15)13-17/h1-8,13,23H,9-12,14H2,(H,24,29)(H,25,28). The fourth-order valence-corrected chi connectivity index (χ4v) is 3.54. The topological polar surface area (TPSA) is 80.5 Å². The summed E-state index contributed by atoms with van der Waals surface area (Å²) < 4.78 is 0. The molecule has 1 fully saturated rings. The maximum absolute atomic E-state index is 12.4. The summed E-state index contributed by atoms with van der Waals surface area (Å²) in [6.07, 6.45) is 1.85. The average molecular weight is 412 g/mol. The molecule has 3 N–H and O–H groups in total. The SMILES string of the molecule is O=C(CNC(=O)N1CCN(c2ccc(Cl)cc2)CC1)Nc1ccc2cc[nH]c2c1. The molecule has 1 saturated heterocycles. The quantitative estimate of drug-likeness (QED) is 0.616. The minimum Gasteiger partial charge on any atom is -0.368 e. The van der Waals surface area contributed by atoms with Gasteiger partial charge in [0.1, 0.15) is 0 Å². The Balaban J connectivity index is 1.23. The molecule has 0 unspecified atom stereocenters. The van der Waals surface area contributed by atoms with Gasteiger partial charge in [0.15, 0.2) is 0 Å². The molecule has 0 bridgehead atoms. The monoisotopic (exact) mass is 411 g/mol. The molecule has 2 heterocycles. The summed E-state index contributed by atoms with van der Waals surface area (Å²) in [6, 6.07) is 15.1. The lowest BCUT2D eigenvalue weighted by Crippen LogP contribution is -2.52. The number of piperazine rings is 1. The lowest BCUT2D eigenvalue weighted by Gasteiger charge is -2.36. The second-order valence-corrected chi connectivity index (χ2v) is 7.37. The first-order valence-corrected chi connectivity index (χ1v) is 9.86. The van der Waals surface area contributed by atoms with E-state index in [4.69, 9.17) is 11.6 Å². The fraction of sp³-hybridized carbons (Fsp3) is 0.238. The molecule has 1 aliphatic heterocycles. The maximum atomic E-state index is 12.4. The number of rotatable bonds is 4. The number of H-pyrrole nitrogens is 1. The first kappa shape index (κ1) is 19.1. The Labute approximate surface area is 173 Å². The van der Waals surface area contributed by atoms with Crippen molar-refractivity contribution in [3.8, 4) is 0 Å². The van der Waals surface area contributed by atoms with E-state index < -0.39 is 0 Å². The fourth-order valence-electron chi connectivity index (χ4n) is 3.42. The van der Waals surface area contributed by atoms with Crippen LogP contribution in [0.1, 0.15) is 0 Å². The third kappa shape index (κ3) is 4.63. The number of carbonyl (C=O) groups is 2. The molecule has 2 aromatic carbocycles. The van der Waals surface area contributed by atoms with Gasteiger partial charge in [-0.1, -0.05) is 17.7 Å². The number of anilines is 2. The highest BCUT2D eigenvalue weighted by molar-refractivity contribution is 6.30. The maximum Gasteiger partial charge on any atom is 0.317 e. The Morgan fingerprint density at radius 2 is 1.76 bits per heavy atom. The molecule has 3 amide bonds. The van der Waals surface area contributed by atoms with Crippen molar-refractivity contribution < 1.29 is 9.59 Å². The number of hydrogen-bond donors (Lipinski definition) is 3. The highest BCUT2D eigenvalue weighted by Crippen LogP contribution is 2.20. The number of hydrogen-bond acceptors (Lipinski definition) is 3. The van der Waals surface area contributed by atoms with E-state index >= 15 is 0 Å². The van der Waals surface area contributed by atoms with E-state index in [1.807, 2.05) is 54.7 Å². The Kier molecular flexibility index (Phi) is 5.57. The number of aromatic amines is 1. The highest BCUT2D eigenvalue weighted by Gasteiger charge is 2.21. The van der Waals surface area contributed by atoms with Crippen LogP contribution in [0, 0.1) is 0 Å². The smallest absolute Gasteiger partial charge is 0.317 e. The molecule has 4 rings (SSSR count). The molecule has 0 radical (unpaired) electrons. The van der Waals surface area contributed by atoms with Gasteiger partial charge in [-0.15, -0.1) is 0 Å². The van der Waals surface area contributed by atoms with Crippen molar-refractivity contribution >= 4 is 45.8 Å². The summed E-state index contributed by atoms with van der Waals surface area (Å²) in [5, 5.41) is 7.29. The van der Waals surface area contributed by atoms with E-state index in [0.717, 1.165) is 29.7 Å². The largest absolute Gasteiger partial charge is 0.368 e. The van der Waals surface area contributed by atoms with Gasteiger partial charge < -0.3 is 25.4 Å². The minimum absolute atomic E-state index is 0.0704. The van der Waals surface area contributed by atoms with Crippen molar-refractivity contribution in [1.29, 1.82) is 0 Å². The van der Waals surface area contributed by atoms with E-state index in [1.165, 1.54) is 0 Å². The summed E-state index contributed by atoms with van der Waals surface area (Å²) in [7, 11) is 0. The number of carbonyl (C=O) groups excluding carboxylic acids is 2. The number of amides is 3. The van der Waals surface area contributed by atoms with E-state index in [0.29, 0.717) is 23.8 Å². The lowest BCUT2D eigenvalue weighted by molar-refractivity contribution is -0.115. The van der Waals surface area contributed by atoms with Gasteiger partial charge >= 0.3 is 6.03 Å². The zero-order valence-electron chi connectivity index (χ0n) is 15.8. The van der Waals surface area contributed by atoms with Crippen LogP contribution < -0.4 is 15.5 Å². The predicted octanol–water partition coefficient (Wildman–Crippen LogP) is 3.29. The van der Waals surface area contributed by atoms with Crippen LogP contribution in [0.5, 0.6) is 0 Å². The summed E-state index contributed by atoms with van der Waals surface area (Å²) >= 11 is 5.93. The van der Waals surface area contributed by atoms with Crippen LogP contribution in [0.2, 0.25) is 5.02 Å². The summed E-state index contributed by atoms with van der Waals surface area (Å²) in [6.45, 7) is 2.59. The molecule has 1 aliphatic rings. The molecule has 7 nitrogen and oxygen atoms in total. The Morgan fingerprint density at radius 1 is 1.00 bits per heavy atom. The van der Waals surface area contributed by atoms with Crippen molar-refractivity contribution in [2.75, 3.05) is 42.9 Å². The second kappa shape index (κ2) is 8.45. The molecule has 3 aromatic rings. The number of fused-ring (bicyclic) bond motifs is 1. The second-order valence-electron chi connectivity index (χ2n) is 6.94. The van der Waals surface area contributed by atoms with Gasteiger partial charge in [0, 0.05) is 54.3 Å². The van der Waals surface area contributed by atoms with E-state index in [-0.39, 0.29) is 18.5 Å². The van der Waals surface area contributed by atoms with Gasteiger partial charge in [-0.05, 0) is 47.9 Å². The van der Waals surface area contributed by atoms with Crippen molar-refractivity contribution in [3.05, 3.63) is 59.8 Å². The first-order valence-electron chi connectivity index (χ1n) is 9.49. The molecule has 8 heteroatoms. The summed E-state index contributed by atoms with van der Waals surface area (Å²) in [4.78, 5) is 31.6. The van der Waals surface area contributed by atoms with Crippen molar-refractivity contribution in [2.24, 2.45) is 0 Å². The Hall–Kier alpha value is -3.19. The van der Waals surface area contributed by atoms with Gasteiger partial charge in [0.05, 0.1) is 6.54 Å². The molecular formula is C21H22ClN5O2. The number of benzene rings is 2. The number of nitrogens with one attached hydrogen (secondary N) is 3. The molecule has 0 saturated carbocycles. The van der Waals surface area contributed by atoms with Crippen LogP contribution >= 0.6 is 11.6 Å². The third-order valence-corrected chi connectivity index (χ3v) is 5.25. The molecule has 1 aromatic heterocycles. The normalized spacial score (nSPS) is 14.1. The first-order chi connectivity index (χ1) is 14.1. The number of halogens is 1. The van der Waals surface area contributed by atoms with Gasteiger partial charge in [0.2, 0.25) is 5.91 Å². The summed E-state index contributed by atoms with van der Waals surface area (Å²) in [5.41, 5.74) is 2.73. The van der Waals surface area contributed by atoms with Gasteiger partial charge in [-0.3, -0.25) is 4.79 Å². The Bertz CT molecular complexity index is 1010. The summed E-state index contributed by atoms with van der Waals surface area (Å²) in [5.74, 6) is -0.260. The zero-order valence-corrected chi connectivity index (χ0v) is 16.6. The minimum atomic E-state index is -0.260. The lowest BCUT2D eigenvalue weighted by atomic mass is 10.2. The van der Waals surface area contributed by atoms with Gasteiger partial charge in [-0.25, -0.2) is 4.79 Å². The average Bonchev–Trinajstić information content (AvgIpc) is 3.20. The Morgan fingerprint density at radius 3 is 2.52 bits per heavy atom. The van der Waals surface area contributed by atoms with Crippen molar-refractivity contribution in [2.45, 2.75) is 0 Å². The van der Waals surface area contributed by atoms with Crippen LogP contribution in [-0.2, 0) is 4.79 Å². The van der Waals surface area contributed by atoms with Crippen LogP contribution in [0.4, 0.5) is 16.2 Å². The predicted molar refractivity (Wildman–Crippen MR) is 116 cm³/mol. The van der Waals surface area contributed by atoms with Crippen LogP contribution in [0.25, 0.3) is 10.9 Å². The molecule has 150 valence electrons. The molecule has 0 aliphatic carbocycles. The number of nitrogens with zero attached hydrogens (tertiary/aromatic N) is 2. The van der Waals surface area contributed by atoms with Gasteiger partial charge in [-0.2, -0.15) is 0 Å². The molecular weight excluding hydrogens is 390 g/mol. The van der Waals surface area contributed by atoms with E-state index in [9.17, 15) is 9.59 Å².